The van der Waals surface area contributed by atoms with Crippen LogP contribution in [0.25, 0.3) is 10.8 Å². The molecule has 1 fully saturated rings. The normalized spacial score (nSPS) is 13.6. The van der Waals surface area contributed by atoms with E-state index in [2.05, 4.69) is 15.4 Å². The summed E-state index contributed by atoms with van der Waals surface area (Å²) in [6, 6.07) is 14.4. The Kier molecular flexibility index (Phi) is 5.36. The van der Waals surface area contributed by atoms with Crippen LogP contribution in [-0.2, 0) is 14.8 Å². The van der Waals surface area contributed by atoms with Gasteiger partial charge in [0.2, 0.25) is 15.9 Å². The summed E-state index contributed by atoms with van der Waals surface area (Å²) in [4.78, 5) is 25.3. The van der Waals surface area contributed by atoms with Crippen LogP contribution in [0.2, 0.25) is 0 Å². The van der Waals surface area contributed by atoms with Crippen molar-refractivity contribution in [2.45, 2.75) is 12.8 Å². The maximum absolute atomic E-state index is 13.9. The highest BCUT2D eigenvalue weighted by Crippen LogP contribution is 2.32. The summed E-state index contributed by atoms with van der Waals surface area (Å²) in [5.74, 6) is -1.46. The number of nitrogens with one attached hydrogen (secondary N) is 3. The lowest BCUT2D eigenvalue weighted by Gasteiger charge is -2.14. The van der Waals surface area contributed by atoms with Gasteiger partial charge in [-0.1, -0.05) is 24.3 Å². The molecule has 31 heavy (non-hydrogen) atoms. The second-order valence-corrected chi connectivity index (χ2v) is 9.28. The molecule has 3 aromatic rings. The predicted molar refractivity (Wildman–Crippen MR) is 118 cm³/mol. The van der Waals surface area contributed by atoms with Gasteiger partial charge >= 0.3 is 0 Å². The van der Waals surface area contributed by atoms with Crippen molar-refractivity contribution in [1.29, 1.82) is 0 Å². The SMILES string of the molecule is CS(=O)(=O)Nc1cc(NC(=O)c2cc3ccccc3cc2NC(=O)C2CC2)ccc1F. The van der Waals surface area contributed by atoms with Crippen LogP contribution in [0.1, 0.15) is 23.2 Å². The third kappa shape index (κ3) is 5.00. The average molecular weight is 441 g/mol. The first-order valence-corrected chi connectivity index (χ1v) is 11.5. The van der Waals surface area contributed by atoms with Crippen LogP contribution in [0.3, 0.4) is 0 Å². The number of carbonyl (C=O) groups excluding carboxylic acids is 2. The Balaban J connectivity index is 1.66. The first kappa shape index (κ1) is 20.8. The number of hydrogen-bond donors (Lipinski definition) is 3. The number of anilines is 3. The Labute approximate surface area is 178 Å². The lowest BCUT2D eigenvalue weighted by Crippen LogP contribution is -2.19. The molecule has 2 amide bonds. The molecule has 0 aliphatic heterocycles. The van der Waals surface area contributed by atoms with Gasteiger partial charge in [0.05, 0.1) is 23.2 Å². The molecule has 0 aromatic heterocycles. The summed E-state index contributed by atoms with van der Waals surface area (Å²) in [6.07, 6.45) is 2.56. The van der Waals surface area contributed by atoms with E-state index >= 15 is 0 Å². The van der Waals surface area contributed by atoms with Crippen LogP contribution in [0.5, 0.6) is 0 Å². The summed E-state index contributed by atoms with van der Waals surface area (Å²) in [6.45, 7) is 0. The van der Waals surface area contributed by atoms with E-state index in [4.69, 9.17) is 0 Å². The minimum atomic E-state index is -3.69. The number of halogens is 1. The number of rotatable bonds is 6. The number of sulfonamides is 1. The molecular weight excluding hydrogens is 421 g/mol. The first-order chi connectivity index (χ1) is 14.7. The Hall–Kier alpha value is -3.46. The zero-order chi connectivity index (χ0) is 22.2. The largest absolute Gasteiger partial charge is 0.325 e. The van der Waals surface area contributed by atoms with Gasteiger partial charge in [0.25, 0.3) is 5.91 Å². The molecule has 0 saturated heterocycles. The van der Waals surface area contributed by atoms with E-state index < -0.39 is 21.7 Å². The molecule has 3 N–H and O–H groups in total. The molecule has 0 bridgehead atoms. The Morgan fingerprint density at radius 3 is 2.26 bits per heavy atom. The number of carbonyl (C=O) groups is 2. The van der Waals surface area contributed by atoms with Gasteiger partial charge < -0.3 is 10.6 Å². The molecule has 3 aromatic carbocycles. The highest BCUT2D eigenvalue weighted by atomic mass is 32.2. The molecule has 160 valence electrons. The van der Waals surface area contributed by atoms with Crippen LogP contribution < -0.4 is 15.4 Å². The van der Waals surface area contributed by atoms with Crippen LogP contribution in [-0.4, -0.2) is 26.5 Å². The summed E-state index contributed by atoms with van der Waals surface area (Å²) < 4.78 is 38.9. The first-order valence-electron chi connectivity index (χ1n) is 9.62. The molecule has 1 saturated carbocycles. The van der Waals surface area contributed by atoms with Crippen LogP contribution in [0, 0.1) is 11.7 Å². The van der Waals surface area contributed by atoms with Crippen molar-refractivity contribution in [2.75, 3.05) is 21.6 Å². The maximum atomic E-state index is 13.9. The van der Waals surface area contributed by atoms with Gasteiger partial charge in [-0.25, -0.2) is 12.8 Å². The Morgan fingerprint density at radius 2 is 1.61 bits per heavy atom. The van der Waals surface area contributed by atoms with E-state index in [0.717, 1.165) is 35.9 Å². The van der Waals surface area contributed by atoms with Crippen LogP contribution >= 0.6 is 0 Å². The van der Waals surface area contributed by atoms with Crippen molar-refractivity contribution >= 4 is 49.7 Å². The van der Waals surface area contributed by atoms with Gasteiger partial charge in [0, 0.05) is 11.6 Å². The second kappa shape index (κ2) is 7.99. The van der Waals surface area contributed by atoms with Crippen molar-refractivity contribution in [2.24, 2.45) is 5.92 Å². The van der Waals surface area contributed by atoms with E-state index in [0.29, 0.717) is 5.69 Å². The molecule has 1 aliphatic carbocycles. The lowest BCUT2D eigenvalue weighted by atomic mass is 10.0. The molecule has 9 heteroatoms. The maximum Gasteiger partial charge on any atom is 0.257 e. The van der Waals surface area contributed by atoms with Gasteiger partial charge in [-0.2, -0.15) is 0 Å². The lowest BCUT2D eigenvalue weighted by molar-refractivity contribution is -0.117. The average Bonchev–Trinajstić information content (AvgIpc) is 3.54. The molecular formula is C22H20FN3O4S. The van der Waals surface area contributed by atoms with Crippen LogP contribution in [0.4, 0.5) is 21.5 Å². The minimum absolute atomic E-state index is 0.0379. The predicted octanol–water partition coefficient (Wildman–Crippen LogP) is 3.95. The van der Waals surface area contributed by atoms with Crippen molar-refractivity contribution in [3.05, 3.63) is 66.0 Å². The number of amides is 2. The molecule has 0 atom stereocenters. The van der Waals surface area contributed by atoms with Crippen molar-refractivity contribution in [3.8, 4) is 0 Å². The van der Waals surface area contributed by atoms with Gasteiger partial charge in [-0.05, 0) is 53.9 Å². The fraction of sp³-hybridized carbons (Fsp3) is 0.182. The fourth-order valence-corrected chi connectivity index (χ4v) is 3.75. The number of hydrogen-bond acceptors (Lipinski definition) is 4. The Bertz CT molecular complexity index is 1300. The highest BCUT2D eigenvalue weighted by Gasteiger charge is 2.30. The molecule has 1 aliphatic rings. The van der Waals surface area contributed by atoms with Gasteiger partial charge in [-0.3, -0.25) is 14.3 Å². The third-order valence-electron chi connectivity index (χ3n) is 4.86. The van der Waals surface area contributed by atoms with Gasteiger partial charge in [0.1, 0.15) is 5.82 Å². The Morgan fingerprint density at radius 1 is 0.935 bits per heavy atom. The van der Waals surface area contributed by atoms with E-state index in [1.165, 1.54) is 12.1 Å². The zero-order valence-electron chi connectivity index (χ0n) is 16.6. The summed E-state index contributed by atoms with van der Waals surface area (Å²) in [5, 5.41) is 7.16. The quantitative estimate of drug-likeness (QED) is 0.539. The van der Waals surface area contributed by atoms with E-state index in [9.17, 15) is 22.4 Å². The molecule has 4 rings (SSSR count). The minimum Gasteiger partial charge on any atom is -0.325 e. The van der Waals surface area contributed by atoms with Crippen molar-refractivity contribution in [1.82, 2.24) is 0 Å². The number of fused-ring (bicyclic) bond motifs is 1. The van der Waals surface area contributed by atoms with Gasteiger partial charge in [-0.15, -0.1) is 0 Å². The smallest absolute Gasteiger partial charge is 0.257 e. The van der Waals surface area contributed by atoms with E-state index in [-0.39, 0.29) is 28.8 Å². The molecule has 0 unspecified atom stereocenters. The summed E-state index contributed by atoms with van der Waals surface area (Å²) >= 11 is 0. The monoisotopic (exact) mass is 441 g/mol. The van der Waals surface area contributed by atoms with Crippen LogP contribution in [0.15, 0.2) is 54.6 Å². The zero-order valence-corrected chi connectivity index (χ0v) is 17.4. The molecule has 0 spiro atoms. The topological polar surface area (TPSA) is 104 Å². The summed E-state index contributed by atoms with van der Waals surface area (Å²) in [7, 11) is -3.69. The molecule has 0 heterocycles. The van der Waals surface area contributed by atoms with Crippen molar-refractivity contribution in [3.63, 3.8) is 0 Å². The van der Waals surface area contributed by atoms with E-state index in [1.54, 1.807) is 12.1 Å². The van der Waals surface area contributed by atoms with Gasteiger partial charge in [0.15, 0.2) is 0 Å². The third-order valence-corrected chi connectivity index (χ3v) is 5.45. The molecule has 0 radical (unpaired) electrons. The summed E-state index contributed by atoms with van der Waals surface area (Å²) in [5.41, 5.74) is 0.547. The van der Waals surface area contributed by atoms with Crippen molar-refractivity contribution < 1.29 is 22.4 Å². The molecule has 7 nitrogen and oxygen atoms in total. The van der Waals surface area contributed by atoms with E-state index in [1.807, 2.05) is 24.3 Å². The number of benzene rings is 3. The highest BCUT2D eigenvalue weighted by molar-refractivity contribution is 7.92. The fourth-order valence-electron chi connectivity index (χ4n) is 3.19. The second-order valence-electron chi connectivity index (χ2n) is 7.53. The standard InChI is InChI=1S/C22H20FN3O4S/c1-31(29,30)26-20-12-16(8-9-18(20)23)24-22(28)17-10-14-4-2-3-5-15(14)11-19(17)25-21(27)13-6-7-13/h2-5,8-13,26H,6-7H2,1H3,(H,24,28)(H,25,27).